The zero-order valence-corrected chi connectivity index (χ0v) is 16.9. The summed E-state index contributed by atoms with van der Waals surface area (Å²) in [6, 6.07) is 16.4. The number of carbonyl (C=O) groups excluding carboxylic acids is 2. The molecule has 0 spiro atoms. The van der Waals surface area contributed by atoms with E-state index in [1.165, 1.54) is 0 Å². The lowest BCUT2D eigenvalue weighted by Gasteiger charge is -2.31. The first kappa shape index (κ1) is 21.0. The van der Waals surface area contributed by atoms with Crippen LogP contribution in [0.2, 0.25) is 5.02 Å². The summed E-state index contributed by atoms with van der Waals surface area (Å²) in [5, 5.41) is 3.56. The predicted octanol–water partition coefficient (Wildman–Crippen LogP) is 3.15. The maximum absolute atomic E-state index is 12.3. The van der Waals surface area contributed by atoms with Crippen molar-refractivity contribution in [1.29, 1.82) is 0 Å². The van der Waals surface area contributed by atoms with E-state index in [0.29, 0.717) is 55.6 Å². The van der Waals surface area contributed by atoms with Crippen LogP contribution in [0.4, 0.5) is 0 Å². The van der Waals surface area contributed by atoms with E-state index in [2.05, 4.69) is 5.32 Å². The van der Waals surface area contributed by atoms with Crippen LogP contribution in [0, 0.1) is 5.92 Å². The number of piperidine rings is 1. The second-order valence-corrected chi connectivity index (χ2v) is 7.29. The maximum Gasteiger partial charge on any atom is 0.260 e. The lowest BCUT2D eigenvalue weighted by Crippen LogP contribution is -2.45. The molecule has 154 valence electrons. The number of nitrogens with one attached hydrogen (secondary N) is 1. The number of hydrogen-bond acceptors (Lipinski definition) is 4. The number of carbonyl (C=O) groups is 2. The number of hydrogen-bond donors (Lipinski definition) is 1. The molecule has 0 bridgehead atoms. The van der Waals surface area contributed by atoms with Crippen LogP contribution in [0.3, 0.4) is 0 Å². The van der Waals surface area contributed by atoms with Gasteiger partial charge in [0.1, 0.15) is 18.1 Å². The van der Waals surface area contributed by atoms with Crippen molar-refractivity contribution in [3.8, 4) is 11.5 Å². The third-order valence-electron chi connectivity index (χ3n) is 4.81. The average molecular weight is 417 g/mol. The predicted molar refractivity (Wildman–Crippen MR) is 111 cm³/mol. The highest BCUT2D eigenvalue weighted by atomic mass is 35.5. The molecule has 0 saturated carbocycles. The Morgan fingerprint density at radius 2 is 1.62 bits per heavy atom. The second kappa shape index (κ2) is 10.7. The molecule has 0 aliphatic carbocycles. The SMILES string of the molecule is O=C(NCCOc1ccc(Cl)cc1)C1CCN(C(=O)COc2ccccc2)CC1. The molecule has 0 atom stereocenters. The number of amides is 2. The molecule has 29 heavy (non-hydrogen) atoms. The largest absolute Gasteiger partial charge is 0.492 e. The Hall–Kier alpha value is -2.73. The van der Waals surface area contributed by atoms with Crippen LogP contribution in [-0.4, -0.2) is 49.6 Å². The summed E-state index contributed by atoms with van der Waals surface area (Å²) >= 11 is 5.83. The summed E-state index contributed by atoms with van der Waals surface area (Å²) in [6.07, 6.45) is 1.31. The molecule has 6 nitrogen and oxygen atoms in total. The highest BCUT2D eigenvalue weighted by molar-refractivity contribution is 6.30. The molecule has 7 heteroatoms. The number of halogens is 1. The van der Waals surface area contributed by atoms with Gasteiger partial charge >= 0.3 is 0 Å². The summed E-state index contributed by atoms with van der Waals surface area (Å²) < 4.78 is 11.1. The van der Waals surface area contributed by atoms with Crippen LogP contribution in [0.5, 0.6) is 11.5 Å². The molecular formula is C22H25ClN2O4. The van der Waals surface area contributed by atoms with E-state index in [1.54, 1.807) is 29.2 Å². The summed E-state index contributed by atoms with van der Waals surface area (Å²) in [5.74, 6) is 1.27. The van der Waals surface area contributed by atoms with Crippen molar-refractivity contribution in [2.45, 2.75) is 12.8 Å². The van der Waals surface area contributed by atoms with E-state index < -0.39 is 0 Å². The summed E-state index contributed by atoms with van der Waals surface area (Å²) in [5.41, 5.74) is 0. The number of benzene rings is 2. The molecule has 1 aliphatic rings. The first-order valence-electron chi connectivity index (χ1n) is 9.73. The zero-order valence-electron chi connectivity index (χ0n) is 16.2. The molecule has 3 rings (SSSR count). The Kier molecular flexibility index (Phi) is 7.76. The van der Waals surface area contributed by atoms with Crippen LogP contribution in [0.15, 0.2) is 54.6 Å². The Labute approximate surface area is 175 Å². The minimum atomic E-state index is -0.0791. The van der Waals surface area contributed by atoms with Crippen LogP contribution >= 0.6 is 11.6 Å². The minimum Gasteiger partial charge on any atom is -0.492 e. The van der Waals surface area contributed by atoms with Crippen molar-refractivity contribution in [2.24, 2.45) is 5.92 Å². The molecular weight excluding hydrogens is 392 g/mol. The Balaban J connectivity index is 1.31. The van der Waals surface area contributed by atoms with Gasteiger partial charge in [0.15, 0.2) is 6.61 Å². The molecule has 2 aromatic rings. The van der Waals surface area contributed by atoms with Gasteiger partial charge in [-0.15, -0.1) is 0 Å². The van der Waals surface area contributed by atoms with Gasteiger partial charge in [-0.05, 0) is 49.2 Å². The zero-order chi connectivity index (χ0) is 20.5. The topological polar surface area (TPSA) is 67.9 Å². The maximum atomic E-state index is 12.3. The molecule has 0 unspecified atom stereocenters. The van der Waals surface area contributed by atoms with Gasteiger partial charge < -0.3 is 19.7 Å². The van der Waals surface area contributed by atoms with Crippen LogP contribution in [0.25, 0.3) is 0 Å². The van der Waals surface area contributed by atoms with E-state index in [0.717, 1.165) is 0 Å². The van der Waals surface area contributed by atoms with Crippen molar-refractivity contribution < 1.29 is 19.1 Å². The van der Waals surface area contributed by atoms with E-state index in [9.17, 15) is 9.59 Å². The molecule has 1 N–H and O–H groups in total. The lowest BCUT2D eigenvalue weighted by atomic mass is 9.96. The molecule has 2 amide bonds. The highest BCUT2D eigenvalue weighted by Crippen LogP contribution is 2.18. The smallest absolute Gasteiger partial charge is 0.260 e. The summed E-state index contributed by atoms with van der Waals surface area (Å²) in [7, 11) is 0. The van der Waals surface area contributed by atoms with Gasteiger partial charge in [-0.3, -0.25) is 9.59 Å². The fraction of sp³-hybridized carbons (Fsp3) is 0.364. The summed E-state index contributed by atoms with van der Waals surface area (Å²) in [4.78, 5) is 26.4. The third-order valence-corrected chi connectivity index (χ3v) is 5.06. The van der Waals surface area contributed by atoms with Crippen molar-refractivity contribution in [1.82, 2.24) is 10.2 Å². The van der Waals surface area contributed by atoms with Crippen molar-refractivity contribution in [2.75, 3.05) is 32.8 Å². The summed E-state index contributed by atoms with van der Waals surface area (Å²) in [6.45, 7) is 1.97. The fourth-order valence-electron chi connectivity index (χ4n) is 3.16. The Morgan fingerprint density at radius 3 is 2.31 bits per heavy atom. The third kappa shape index (κ3) is 6.68. The van der Waals surface area contributed by atoms with E-state index in [4.69, 9.17) is 21.1 Å². The molecule has 1 heterocycles. The molecule has 1 aliphatic heterocycles. The fourth-order valence-corrected chi connectivity index (χ4v) is 3.29. The van der Waals surface area contributed by atoms with Gasteiger partial charge in [0.2, 0.25) is 5.91 Å². The van der Waals surface area contributed by atoms with E-state index in [1.807, 2.05) is 30.3 Å². The van der Waals surface area contributed by atoms with Gasteiger partial charge in [0.05, 0.1) is 6.54 Å². The first-order valence-corrected chi connectivity index (χ1v) is 10.1. The molecule has 1 fully saturated rings. The second-order valence-electron chi connectivity index (χ2n) is 6.85. The number of rotatable bonds is 8. The number of ether oxygens (including phenoxy) is 2. The van der Waals surface area contributed by atoms with Crippen molar-refractivity contribution in [3.63, 3.8) is 0 Å². The van der Waals surface area contributed by atoms with Crippen LogP contribution in [-0.2, 0) is 9.59 Å². The standard InChI is InChI=1S/C22H25ClN2O4/c23-18-6-8-20(9-7-18)28-15-12-24-22(27)17-10-13-25(14-11-17)21(26)16-29-19-4-2-1-3-5-19/h1-9,17H,10-16H2,(H,24,27). The Morgan fingerprint density at radius 1 is 0.966 bits per heavy atom. The number of likely N-dealkylation sites (tertiary alicyclic amines) is 1. The number of para-hydroxylation sites is 1. The van der Waals surface area contributed by atoms with Crippen molar-refractivity contribution >= 4 is 23.4 Å². The van der Waals surface area contributed by atoms with Crippen molar-refractivity contribution in [3.05, 3.63) is 59.6 Å². The molecule has 2 aromatic carbocycles. The van der Waals surface area contributed by atoms with E-state index in [-0.39, 0.29) is 24.3 Å². The van der Waals surface area contributed by atoms with Crippen LogP contribution < -0.4 is 14.8 Å². The van der Waals surface area contributed by atoms with Gasteiger partial charge in [-0.2, -0.15) is 0 Å². The normalized spacial score (nSPS) is 14.3. The van der Waals surface area contributed by atoms with Gasteiger partial charge in [-0.1, -0.05) is 29.8 Å². The molecule has 1 saturated heterocycles. The number of nitrogens with zero attached hydrogens (tertiary/aromatic N) is 1. The van der Waals surface area contributed by atoms with Gasteiger partial charge in [-0.25, -0.2) is 0 Å². The van der Waals surface area contributed by atoms with Gasteiger partial charge in [0, 0.05) is 24.0 Å². The quantitative estimate of drug-likeness (QED) is 0.671. The van der Waals surface area contributed by atoms with Gasteiger partial charge in [0.25, 0.3) is 5.91 Å². The van der Waals surface area contributed by atoms with E-state index >= 15 is 0 Å². The minimum absolute atomic E-state index is 0.0114. The average Bonchev–Trinajstić information content (AvgIpc) is 2.77. The Bertz CT molecular complexity index is 790. The first-order chi connectivity index (χ1) is 14.1. The van der Waals surface area contributed by atoms with Crippen LogP contribution in [0.1, 0.15) is 12.8 Å². The monoisotopic (exact) mass is 416 g/mol. The highest BCUT2D eigenvalue weighted by Gasteiger charge is 2.27. The lowest BCUT2D eigenvalue weighted by molar-refractivity contribution is -0.137. The molecule has 0 aromatic heterocycles. The molecule has 0 radical (unpaired) electrons.